The number of furan rings is 1. The second-order valence-electron chi connectivity index (χ2n) is 6.66. The molecule has 0 aliphatic carbocycles. The first-order valence-electron chi connectivity index (χ1n) is 7.57. The molecule has 108 valence electrons. The molecule has 0 spiro atoms. The van der Waals surface area contributed by atoms with E-state index >= 15 is 0 Å². The Morgan fingerprint density at radius 3 is 2.47 bits per heavy atom. The molecular formula is C16H28N2O. The Hall–Kier alpha value is -0.800. The summed E-state index contributed by atoms with van der Waals surface area (Å²) >= 11 is 0. The second kappa shape index (κ2) is 6.58. The molecule has 0 atom stereocenters. The van der Waals surface area contributed by atoms with Crippen LogP contribution in [0.15, 0.2) is 16.7 Å². The van der Waals surface area contributed by atoms with Crippen molar-refractivity contribution in [1.82, 2.24) is 10.2 Å². The number of nitrogens with zero attached hydrogens (tertiary/aromatic N) is 1. The van der Waals surface area contributed by atoms with Crippen molar-refractivity contribution >= 4 is 0 Å². The van der Waals surface area contributed by atoms with Crippen molar-refractivity contribution in [2.45, 2.75) is 65.1 Å². The Labute approximate surface area is 117 Å². The van der Waals surface area contributed by atoms with E-state index in [0.717, 1.165) is 18.8 Å². The van der Waals surface area contributed by atoms with Crippen molar-refractivity contribution in [3.63, 3.8) is 0 Å². The van der Waals surface area contributed by atoms with Gasteiger partial charge < -0.3 is 9.73 Å². The monoisotopic (exact) mass is 264 g/mol. The predicted octanol–water partition coefficient (Wildman–Crippen LogP) is 3.54. The van der Waals surface area contributed by atoms with Gasteiger partial charge in [0.2, 0.25) is 0 Å². The van der Waals surface area contributed by atoms with Crippen molar-refractivity contribution in [3.8, 4) is 0 Å². The van der Waals surface area contributed by atoms with E-state index in [0.29, 0.717) is 0 Å². The molecule has 0 radical (unpaired) electrons. The van der Waals surface area contributed by atoms with Crippen LogP contribution in [0, 0.1) is 0 Å². The molecule has 0 bridgehead atoms. The molecule has 1 N–H and O–H groups in total. The molecule has 1 aliphatic rings. The minimum atomic E-state index is 0.150. The quantitative estimate of drug-likeness (QED) is 0.901. The maximum Gasteiger partial charge on any atom is 0.122 e. The molecule has 3 nitrogen and oxygen atoms in total. The number of hydrogen-bond donors (Lipinski definition) is 1. The Bertz CT molecular complexity index is 370. The predicted molar refractivity (Wildman–Crippen MR) is 79.0 cm³/mol. The van der Waals surface area contributed by atoms with Gasteiger partial charge in [-0.3, -0.25) is 4.90 Å². The molecule has 0 saturated carbocycles. The summed E-state index contributed by atoms with van der Waals surface area (Å²) in [6, 6.07) is 2.10. The fraction of sp³-hybridized carbons (Fsp3) is 0.750. The van der Waals surface area contributed by atoms with Crippen LogP contribution in [-0.2, 0) is 13.1 Å². The minimum absolute atomic E-state index is 0.150. The summed E-state index contributed by atoms with van der Waals surface area (Å²) in [6.07, 6.45) is 7.25. The van der Waals surface area contributed by atoms with Gasteiger partial charge in [-0.05, 0) is 52.8 Å². The molecule has 3 heteroatoms. The zero-order valence-electron chi connectivity index (χ0n) is 12.7. The third kappa shape index (κ3) is 5.00. The van der Waals surface area contributed by atoms with Crippen molar-refractivity contribution in [2.24, 2.45) is 0 Å². The van der Waals surface area contributed by atoms with Gasteiger partial charge in [0.05, 0.1) is 12.8 Å². The number of rotatable bonds is 4. The maximum atomic E-state index is 5.69. The highest BCUT2D eigenvalue weighted by Crippen LogP contribution is 2.17. The lowest BCUT2D eigenvalue weighted by Crippen LogP contribution is -2.35. The standard InChI is InChI=1S/C16H28N2O/c1-16(2,3)17-12-14-8-11-19-15(14)13-18-9-6-4-5-7-10-18/h8,11,17H,4-7,9-10,12-13H2,1-3H3. The zero-order valence-corrected chi connectivity index (χ0v) is 12.7. The Balaban J connectivity index is 1.91. The van der Waals surface area contributed by atoms with Crippen LogP contribution in [-0.4, -0.2) is 23.5 Å². The lowest BCUT2D eigenvalue weighted by atomic mass is 10.1. The normalized spacial score (nSPS) is 18.5. The molecule has 0 amide bonds. The lowest BCUT2D eigenvalue weighted by Gasteiger charge is -2.22. The smallest absolute Gasteiger partial charge is 0.122 e. The number of hydrogen-bond acceptors (Lipinski definition) is 3. The van der Waals surface area contributed by atoms with Crippen LogP contribution >= 0.6 is 0 Å². The second-order valence-corrected chi connectivity index (χ2v) is 6.66. The van der Waals surface area contributed by atoms with E-state index in [4.69, 9.17) is 4.42 Å². The van der Waals surface area contributed by atoms with Gasteiger partial charge in [0.25, 0.3) is 0 Å². The van der Waals surface area contributed by atoms with E-state index in [1.54, 1.807) is 0 Å². The molecule has 0 unspecified atom stereocenters. The van der Waals surface area contributed by atoms with Crippen LogP contribution in [0.1, 0.15) is 57.8 Å². The van der Waals surface area contributed by atoms with E-state index < -0.39 is 0 Å². The van der Waals surface area contributed by atoms with Gasteiger partial charge in [-0.1, -0.05) is 12.8 Å². The summed E-state index contributed by atoms with van der Waals surface area (Å²) in [4.78, 5) is 2.53. The first-order valence-corrected chi connectivity index (χ1v) is 7.57. The van der Waals surface area contributed by atoms with Crippen molar-refractivity contribution in [2.75, 3.05) is 13.1 Å². The lowest BCUT2D eigenvalue weighted by molar-refractivity contribution is 0.251. The van der Waals surface area contributed by atoms with Gasteiger partial charge in [0, 0.05) is 17.6 Å². The van der Waals surface area contributed by atoms with Crippen LogP contribution in [0.2, 0.25) is 0 Å². The molecule has 1 aliphatic heterocycles. The Morgan fingerprint density at radius 1 is 1.16 bits per heavy atom. The van der Waals surface area contributed by atoms with Crippen LogP contribution in [0.4, 0.5) is 0 Å². The summed E-state index contributed by atoms with van der Waals surface area (Å²) in [5.74, 6) is 1.14. The van der Waals surface area contributed by atoms with Gasteiger partial charge in [0.1, 0.15) is 5.76 Å². The topological polar surface area (TPSA) is 28.4 Å². The van der Waals surface area contributed by atoms with Crippen LogP contribution in [0.25, 0.3) is 0 Å². The van der Waals surface area contributed by atoms with Crippen molar-refractivity contribution in [1.29, 1.82) is 0 Å². The third-order valence-electron chi connectivity index (χ3n) is 3.71. The van der Waals surface area contributed by atoms with E-state index in [9.17, 15) is 0 Å². The molecule has 1 saturated heterocycles. The minimum Gasteiger partial charge on any atom is -0.468 e. The first-order chi connectivity index (χ1) is 9.04. The summed E-state index contributed by atoms with van der Waals surface area (Å²) in [5.41, 5.74) is 1.45. The van der Waals surface area contributed by atoms with E-state index in [-0.39, 0.29) is 5.54 Å². The SMILES string of the molecule is CC(C)(C)NCc1ccoc1CN1CCCCCC1. The molecule has 0 aromatic carbocycles. The van der Waals surface area contributed by atoms with E-state index in [2.05, 4.69) is 37.1 Å². The highest BCUT2D eigenvalue weighted by molar-refractivity contribution is 5.17. The van der Waals surface area contributed by atoms with Crippen LogP contribution in [0.3, 0.4) is 0 Å². The van der Waals surface area contributed by atoms with Gasteiger partial charge in [-0.2, -0.15) is 0 Å². The van der Waals surface area contributed by atoms with Gasteiger partial charge in [-0.15, -0.1) is 0 Å². The van der Waals surface area contributed by atoms with Crippen molar-refractivity contribution in [3.05, 3.63) is 23.7 Å². The summed E-state index contributed by atoms with van der Waals surface area (Å²) < 4.78 is 5.69. The molecule has 1 fully saturated rings. The summed E-state index contributed by atoms with van der Waals surface area (Å²) in [6.45, 7) is 10.9. The largest absolute Gasteiger partial charge is 0.468 e. The Kier molecular flexibility index (Phi) is 5.06. The van der Waals surface area contributed by atoms with E-state index in [1.165, 1.54) is 44.3 Å². The first kappa shape index (κ1) is 14.6. The molecule has 1 aromatic rings. The Morgan fingerprint density at radius 2 is 1.84 bits per heavy atom. The van der Waals surface area contributed by atoms with Crippen LogP contribution < -0.4 is 5.32 Å². The highest BCUT2D eigenvalue weighted by Gasteiger charge is 2.15. The molecular weight excluding hydrogens is 236 g/mol. The molecule has 2 rings (SSSR count). The van der Waals surface area contributed by atoms with E-state index in [1.807, 2.05) is 6.26 Å². The summed E-state index contributed by atoms with van der Waals surface area (Å²) in [5, 5.41) is 3.54. The number of likely N-dealkylation sites (tertiary alicyclic amines) is 1. The fourth-order valence-corrected chi connectivity index (χ4v) is 2.52. The summed E-state index contributed by atoms with van der Waals surface area (Å²) in [7, 11) is 0. The fourth-order valence-electron chi connectivity index (χ4n) is 2.52. The third-order valence-corrected chi connectivity index (χ3v) is 3.71. The highest BCUT2D eigenvalue weighted by atomic mass is 16.3. The molecule has 1 aromatic heterocycles. The van der Waals surface area contributed by atoms with Crippen LogP contribution in [0.5, 0.6) is 0 Å². The van der Waals surface area contributed by atoms with Gasteiger partial charge >= 0.3 is 0 Å². The maximum absolute atomic E-state index is 5.69. The molecule has 2 heterocycles. The molecule has 19 heavy (non-hydrogen) atoms. The van der Waals surface area contributed by atoms with Gasteiger partial charge in [0.15, 0.2) is 0 Å². The average Bonchev–Trinajstić information content (AvgIpc) is 2.60. The number of nitrogens with one attached hydrogen (secondary N) is 1. The zero-order chi connectivity index (χ0) is 13.7. The van der Waals surface area contributed by atoms with Crippen molar-refractivity contribution < 1.29 is 4.42 Å². The average molecular weight is 264 g/mol. The van der Waals surface area contributed by atoms with Gasteiger partial charge in [-0.25, -0.2) is 0 Å².